The second-order valence-corrected chi connectivity index (χ2v) is 5.94. The zero-order valence-electron chi connectivity index (χ0n) is 13.1. The molecule has 1 aromatic heterocycles. The zero-order valence-corrected chi connectivity index (χ0v) is 13.1. The molecular weight excluding hydrogens is 262 g/mol. The number of aromatic amines is 1. The maximum absolute atomic E-state index is 12.5. The molecule has 0 saturated carbocycles. The van der Waals surface area contributed by atoms with Crippen LogP contribution in [0.15, 0.2) is 30.5 Å². The number of amides is 1. The van der Waals surface area contributed by atoms with Crippen LogP contribution in [0.3, 0.4) is 0 Å². The van der Waals surface area contributed by atoms with Gasteiger partial charge in [-0.05, 0) is 30.9 Å². The molecule has 0 unspecified atom stereocenters. The average molecular weight is 287 g/mol. The number of fused-ring (bicyclic) bond motifs is 1. The number of nitrogens with zero attached hydrogens (tertiary/aromatic N) is 1. The van der Waals surface area contributed by atoms with E-state index >= 15 is 0 Å². The Kier molecular flexibility index (Phi) is 5.02. The minimum absolute atomic E-state index is 0.0384. The van der Waals surface area contributed by atoms with Crippen molar-refractivity contribution >= 4 is 16.8 Å². The molecule has 0 fully saturated rings. The first-order chi connectivity index (χ1) is 10.0. The maximum Gasteiger partial charge on any atom is 0.239 e. The second-order valence-electron chi connectivity index (χ2n) is 5.94. The number of hydrogen-bond acceptors (Lipinski definition) is 2. The van der Waals surface area contributed by atoms with Gasteiger partial charge < -0.3 is 15.6 Å². The van der Waals surface area contributed by atoms with Crippen LogP contribution < -0.4 is 5.73 Å². The van der Waals surface area contributed by atoms with Crippen LogP contribution in [-0.4, -0.2) is 34.9 Å². The predicted octanol–water partition coefficient (Wildman–Crippen LogP) is 2.54. The van der Waals surface area contributed by atoms with E-state index in [1.54, 1.807) is 0 Å². The van der Waals surface area contributed by atoms with Gasteiger partial charge in [-0.15, -0.1) is 0 Å². The summed E-state index contributed by atoms with van der Waals surface area (Å²) >= 11 is 0. The molecule has 0 aliphatic carbocycles. The molecule has 114 valence electrons. The number of hydrogen-bond donors (Lipinski definition) is 2. The Labute approximate surface area is 126 Å². The summed E-state index contributed by atoms with van der Waals surface area (Å²) in [6.45, 7) is 7.69. The molecule has 1 atom stereocenters. The van der Waals surface area contributed by atoms with Gasteiger partial charge in [-0.25, -0.2) is 0 Å². The molecule has 0 aliphatic heterocycles. The van der Waals surface area contributed by atoms with Crippen LogP contribution in [0.2, 0.25) is 0 Å². The minimum atomic E-state index is -0.483. The standard InChI is InChI=1S/C17H25N3O/c1-4-20(11-12(2)3)17(21)15(18)9-13-10-19-16-8-6-5-7-14(13)16/h5-8,10,12,15,19H,4,9,11,18H2,1-3H3/t15-/m0/s1. The van der Waals surface area contributed by atoms with Gasteiger partial charge in [0.2, 0.25) is 5.91 Å². The average Bonchev–Trinajstić information content (AvgIpc) is 2.87. The fourth-order valence-electron chi connectivity index (χ4n) is 2.67. The summed E-state index contributed by atoms with van der Waals surface area (Å²) in [6, 6.07) is 7.61. The third-order valence-corrected chi connectivity index (χ3v) is 3.71. The molecule has 0 bridgehead atoms. The number of carbonyl (C=O) groups is 1. The molecule has 4 heteroatoms. The summed E-state index contributed by atoms with van der Waals surface area (Å²) in [6.07, 6.45) is 2.52. The fourth-order valence-corrected chi connectivity index (χ4v) is 2.67. The molecular formula is C17H25N3O. The highest BCUT2D eigenvalue weighted by atomic mass is 16.2. The maximum atomic E-state index is 12.5. The second kappa shape index (κ2) is 6.76. The molecule has 0 aliphatic rings. The first-order valence-corrected chi connectivity index (χ1v) is 7.62. The van der Waals surface area contributed by atoms with Crippen LogP contribution in [0.4, 0.5) is 0 Å². The van der Waals surface area contributed by atoms with Gasteiger partial charge in [-0.3, -0.25) is 4.79 Å². The summed E-state index contributed by atoms with van der Waals surface area (Å²) in [5.74, 6) is 0.491. The monoisotopic (exact) mass is 287 g/mol. The topological polar surface area (TPSA) is 62.1 Å². The molecule has 0 spiro atoms. The van der Waals surface area contributed by atoms with Gasteiger partial charge >= 0.3 is 0 Å². The minimum Gasteiger partial charge on any atom is -0.361 e. The van der Waals surface area contributed by atoms with E-state index in [1.807, 2.05) is 36.2 Å². The Morgan fingerprint density at radius 2 is 2.05 bits per heavy atom. The van der Waals surface area contributed by atoms with Crippen LogP contribution in [-0.2, 0) is 11.2 Å². The van der Waals surface area contributed by atoms with Crippen molar-refractivity contribution in [3.63, 3.8) is 0 Å². The Bertz CT molecular complexity index is 603. The van der Waals surface area contributed by atoms with Crippen molar-refractivity contribution < 1.29 is 4.79 Å². The first kappa shape index (κ1) is 15.6. The predicted molar refractivity (Wildman–Crippen MR) is 87.1 cm³/mol. The smallest absolute Gasteiger partial charge is 0.239 e. The van der Waals surface area contributed by atoms with Crippen molar-refractivity contribution in [2.45, 2.75) is 33.2 Å². The molecule has 3 N–H and O–H groups in total. The van der Waals surface area contributed by atoms with Crippen LogP contribution in [0, 0.1) is 5.92 Å². The Morgan fingerprint density at radius 3 is 2.71 bits per heavy atom. The molecule has 0 saturated heterocycles. The Balaban J connectivity index is 2.09. The molecule has 2 aromatic rings. The highest BCUT2D eigenvalue weighted by Gasteiger charge is 2.21. The number of rotatable bonds is 6. The normalized spacial score (nSPS) is 12.8. The van der Waals surface area contributed by atoms with Crippen LogP contribution in [0.5, 0.6) is 0 Å². The number of para-hydroxylation sites is 1. The number of carbonyl (C=O) groups excluding carboxylic acids is 1. The van der Waals surface area contributed by atoms with Gasteiger partial charge in [0.05, 0.1) is 6.04 Å². The first-order valence-electron chi connectivity index (χ1n) is 7.62. The van der Waals surface area contributed by atoms with E-state index in [0.29, 0.717) is 18.9 Å². The van der Waals surface area contributed by atoms with Crippen molar-refractivity contribution in [3.05, 3.63) is 36.0 Å². The molecule has 4 nitrogen and oxygen atoms in total. The van der Waals surface area contributed by atoms with Gasteiger partial charge in [-0.2, -0.15) is 0 Å². The summed E-state index contributed by atoms with van der Waals surface area (Å²) < 4.78 is 0. The van der Waals surface area contributed by atoms with Crippen molar-refractivity contribution in [1.82, 2.24) is 9.88 Å². The summed E-state index contributed by atoms with van der Waals surface area (Å²) in [7, 11) is 0. The number of likely N-dealkylation sites (N-methyl/N-ethyl adjacent to an activating group) is 1. The molecule has 0 radical (unpaired) electrons. The lowest BCUT2D eigenvalue weighted by Gasteiger charge is -2.26. The van der Waals surface area contributed by atoms with Crippen molar-refractivity contribution in [2.24, 2.45) is 11.7 Å². The number of aromatic nitrogens is 1. The van der Waals surface area contributed by atoms with Crippen molar-refractivity contribution in [3.8, 4) is 0 Å². The van der Waals surface area contributed by atoms with Gasteiger partial charge in [-0.1, -0.05) is 32.0 Å². The van der Waals surface area contributed by atoms with Crippen molar-refractivity contribution in [1.29, 1.82) is 0 Å². The van der Waals surface area contributed by atoms with E-state index in [4.69, 9.17) is 5.73 Å². The van der Waals surface area contributed by atoms with Gasteiger partial charge in [0.25, 0.3) is 0 Å². The molecule has 1 heterocycles. The Morgan fingerprint density at radius 1 is 1.33 bits per heavy atom. The lowest BCUT2D eigenvalue weighted by molar-refractivity contribution is -0.132. The molecule has 21 heavy (non-hydrogen) atoms. The Hall–Kier alpha value is -1.81. The number of nitrogens with one attached hydrogen (secondary N) is 1. The number of H-pyrrole nitrogens is 1. The summed E-state index contributed by atoms with van der Waals surface area (Å²) in [5, 5.41) is 1.15. The lowest BCUT2D eigenvalue weighted by Crippen LogP contribution is -2.46. The van der Waals surface area contributed by atoms with E-state index in [0.717, 1.165) is 23.0 Å². The summed E-state index contributed by atoms with van der Waals surface area (Å²) in [5.41, 5.74) is 8.34. The van der Waals surface area contributed by atoms with Crippen LogP contribution in [0.25, 0.3) is 10.9 Å². The van der Waals surface area contributed by atoms with E-state index < -0.39 is 6.04 Å². The molecule has 2 rings (SSSR count). The molecule has 1 aromatic carbocycles. The SMILES string of the molecule is CCN(CC(C)C)C(=O)[C@@H](N)Cc1c[nH]c2ccccc12. The summed E-state index contributed by atoms with van der Waals surface area (Å²) in [4.78, 5) is 17.5. The van der Waals surface area contributed by atoms with Crippen molar-refractivity contribution in [2.75, 3.05) is 13.1 Å². The van der Waals surface area contributed by atoms with Gasteiger partial charge in [0.1, 0.15) is 0 Å². The lowest BCUT2D eigenvalue weighted by atomic mass is 10.0. The van der Waals surface area contributed by atoms with Gasteiger partial charge in [0.15, 0.2) is 0 Å². The highest BCUT2D eigenvalue weighted by molar-refractivity contribution is 5.86. The van der Waals surface area contributed by atoms with Crippen LogP contribution >= 0.6 is 0 Å². The van der Waals surface area contributed by atoms with E-state index in [2.05, 4.69) is 24.9 Å². The number of nitrogens with two attached hydrogens (primary N) is 1. The quantitative estimate of drug-likeness (QED) is 0.857. The van der Waals surface area contributed by atoms with Crippen LogP contribution in [0.1, 0.15) is 26.3 Å². The van der Waals surface area contributed by atoms with E-state index in [1.165, 1.54) is 0 Å². The molecule has 1 amide bonds. The van der Waals surface area contributed by atoms with E-state index in [9.17, 15) is 4.79 Å². The third-order valence-electron chi connectivity index (χ3n) is 3.71. The van der Waals surface area contributed by atoms with E-state index in [-0.39, 0.29) is 5.91 Å². The highest BCUT2D eigenvalue weighted by Crippen LogP contribution is 2.19. The zero-order chi connectivity index (χ0) is 15.4. The van der Waals surface area contributed by atoms with Gasteiger partial charge in [0, 0.05) is 30.2 Å². The third kappa shape index (κ3) is 3.64. The fraction of sp³-hybridized carbons (Fsp3) is 0.471. The largest absolute Gasteiger partial charge is 0.361 e. The number of benzene rings is 1.